The van der Waals surface area contributed by atoms with Gasteiger partial charge in [0.05, 0.1) is 23.0 Å². The number of ether oxygens (including phenoxy) is 1. The van der Waals surface area contributed by atoms with Gasteiger partial charge in [-0.2, -0.15) is 0 Å². The molecule has 1 amide bonds. The summed E-state index contributed by atoms with van der Waals surface area (Å²) in [7, 11) is 3.78. The van der Waals surface area contributed by atoms with Gasteiger partial charge in [0.15, 0.2) is 0 Å². The number of hydrogen-bond acceptors (Lipinski definition) is 3. The van der Waals surface area contributed by atoms with Gasteiger partial charge in [-0.15, -0.1) is 0 Å². The summed E-state index contributed by atoms with van der Waals surface area (Å²) in [5.74, 6) is 0.516. The predicted molar refractivity (Wildman–Crippen MR) is 78.0 cm³/mol. The number of halogens is 1. The molecule has 0 aromatic heterocycles. The number of para-hydroxylation sites is 1. The number of nitrogens with zero attached hydrogens (tertiary/aromatic N) is 1. The number of benzene rings is 1. The molecule has 4 nitrogen and oxygen atoms in total. The second kappa shape index (κ2) is 6.26. The van der Waals surface area contributed by atoms with Gasteiger partial charge < -0.3 is 15.0 Å². The topological polar surface area (TPSA) is 41.6 Å². The van der Waals surface area contributed by atoms with E-state index in [9.17, 15) is 4.79 Å². The minimum atomic E-state index is -0.147. The number of carbonyl (C=O) groups is 1. The Bertz CT molecular complexity index is 459. The van der Waals surface area contributed by atoms with Crippen molar-refractivity contribution in [2.24, 2.45) is 5.92 Å². The van der Waals surface area contributed by atoms with E-state index in [4.69, 9.17) is 16.3 Å². The third-order valence-electron chi connectivity index (χ3n) is 2.99. The van der Waals surface area contributed by atoms with Gasteiger partial charge in [0.25, 0.3) is 0 Å². The van der Waals surface area contributed by atoms with Crippen LogP contribution in [-0.2, 0) is 9.53 Å². The molecule has 0 unspecified atom stereocenters. The van der Waals surface area contributed by atoms with Crippen LogP contribution < -0.4 is 10.2 Å². The van der Waals surface area contributed by atoms with Crippen molar-refractivity contribution in [3.05, 3.63) is 23.2 Å². The molecule has 19 heavy (non-hydrogen) atoms. The number of carbonyl (C=O) groups excluding carboxylic acids is 1. The Balaban J connectivity index is 1.93. The molecule has 1 saturated carbocycles. The summed E-state index contributed by atoms with van der Waals surface area (Å²) in [6.45, 7) is 0.777. The lowest BCUT2D eigenvalue weighted by atomic mass is 10.2. The van der Waals surface area contributed by atoms with Crippen molar-refractivity contribution >= 4 is 28.9 Å². The molecule has 0 atom stereocenters. The highest BCUT2D eigenvalue weighted by atomic mass is 35.5. The van der Waals surface area contributed by atoms with Gasteiger partial charge >= 0.3 is 0 Å². The van der Waals surface area contributed by atoms with Gasteiger partial charge in [0.2, 0.25) is 5.91 Å². The van der Waals surface area contributed by atoms with E-state index in [1.54, 1.807) is 6.07 Å². The first-order chi connectivity index (χ1) is 9.08. The first-order valence-electron chi connectivity index (χ1n) is 6.41. The molecule has 0 spiro atoms. The van der Waals surface area contributed by atoms with E-state index in [2.05, 4.69) is 5.32 Å². The summed E-state index contributed by atoms with van der Waals surface area (Å²) in [5, 5.41) is 3.45. The van der Waals surface area contributed by atoms with Crippen LogP contribution in [0.4, 0.5) is 11.4 Å². The summed E-state index contributed by atoms with van der Waals surface area (Å²) >= 11 is 6.14. The van der Waals surface area contributed by atoms with Crippen LogP contribution >= 0.6 is 11.6 Å². The normalized spacial score (nSPS) is 14.3. The van der Waals surface area contributed by atoms with E-state index in [1.165, 1.54) is 12.8 Å². The molecule has 0 heterocycles. The third kappa shape index (κ3) is 4.11. The Labute approximate surface area is 118 Å². The quantitative estimate of drug-likeness (QED) is 0.872. The van der Waals surface area contributed by atoms with Crippen molar-refractivity contribution in [1.29, 1.82) is 0 Å². The molecule has 0 radical (unpaired) electrons. The number of hydrogen-bond donors (Lipinski definition) is 1. The summed E-state index contributed by atoms with van der Waals surface area (Å²) in [4.78, 5) is 13.7. The summed E-state index contributed by atoms with van der Waals surface area (Å²) in [5.41, 5.74) is 1.51. The van der Waals surface area contributed by atoms with Crippen LogP contribution in [0.1, 0.15) is 12.8 Å². The van der Waals surface area contributed by atoms with E-state index in [-0.39, 0.29) is 12.5 Å². The standard InChI is InChI=1S/C14H19ClN2O2/c1-17(2)14-11(15)4-3-5-12(14)16-13(18)9-19-8-10-6-7-10/h3-5,10H,6-9H2,1-2H3,(H,16,18). The van der Waals surface area contributed by atoms with Gasteiger partial charge in [-0.25, -0.2) is 0 Å². The van der Waals surface area contributed by atoms with Crippen molar-refractivity contribution in [3.8, 4) is 0 Å². The third-order valence-corrected chi connectivity index (χ3v) is 3.30. The largest absolute Gasteiger partial charge is 0.375 e. The first kappa shape index (κ1) is 14.2. The average Bonchev–Trinajstić information content (AvgIpc) is 3.12. The highest BCUT2D eigenvalue weighted by Gasteiger charge is 2.21. The van der Waals surface area contributed by atoms with Crippen LogP contribution in [0.25, 0.3) is 0 Å². The minimum Gasteiger partial charge on any atom is -0.375 e. The molecule has 1 aromatic rings. The van der Waals surface area contributed by atoms with Crippen LogP contribution in [0, 0.1) is 5.92 Å². The maximum absolute atomic E-state index is 11.8. The molecule has 2 rings (SSSR count). The van der Waals surface area contributed by atoms with Crippen molar-refractivity contribution in [2.45, 2.75) is 12.8 Å². The molecule has 1 aliphatic carbocycles. The monoisotopic (exact) mass is 282 g/mol. The molecule has 5 heteroatoms. The molecule has 0 aliphatic heterocycles. The smallest absolute Gasteiger partial charge is 0.250 e. The molecule has 1 N–H and O–H groups in total. The highest BCUT2D eigenvalue weighted by Crippen LogP contribution is 2.32. The fourth-order valence-electron chi connectivity index (χ4n) is 1.86. The van der Waals surface area contributed by atoms with Gasteiger partial charge in [0.1, 0.15) is 6.61 Å². The van der Waals surface area contributed by atoms with Crippen LogP contribution in [0.2, 0.25) is 5.02 Å². The zero-order valence-corrected chi connectivity index (χ0v) is 12.0. The van der Waals surface area contributed by atoms with Crippen LogP contribution in [0.5, 0.6) is 0 Å². The Morgan fingerprint density at radius 3 is 2.84 bits per heavy atom. The van der Waals surface area contributed by atoms with E-state index < -0.39 is 0 Å². The zero-order valence-electron chi connectivity index (χ0n) is 11.3. The number of nitrogens with one attached hydrogen (secondary N) is 1. The summed E-state index contributed by atoms with van der Waals surface area (Å²) in [6.07, 6.45) is 2.45. The maximum atomic E-state index is 11.8. The van der Waals surface area contributed by atoms with E-state index in [0.29, 0.717) is 23.2 Å². The molecule has 104 valence electrons. The van der Waals surface area contributed by atoms with Crippen molar-refractivity contribution in [3.63, 3.8) is 0 Å². The van der Waals surface area contributed by atoms with Gasteiger partial charge in [-0.05, 0) is 30.9 Å². The maximum Gasteiger partial charge on any atom is 0.250 e. The average molecular weight is 283 g/mol. The van der Waals surface area contributed by atoms with Crippen molar-refractivity contribution < 1.29 is 9.53 Å². The Kier molecular flexibility index (Phi) is 4.66. The number of rotatable bonds is 6. The molecule has 1 aromatic carbocycles. The minimum absolute atomic E-state index is 0.0931. The van der Waals surface area contributed by atoms with E-state index in [1.807, 2.05) is 31.1 Å². The Morgan fingerprint density at radius 2 is 2.21 bits per heavy atom. The SMILES string of the molecule is CN(C)c1c(Cl)cccc1NC(=O)COCC1CC1. The predicted octanol–water partition coefficient (Wildman–Crippen LogP) is 2.77. The fraction of sp³-hybridized carbons (Fsp3) is 0.500. The summed E-state index contributed by atoms with van der Waals surface area (Å²) < 4.78 is 5.36. The molecule has 1 aliphatic rings. The highest BCUT2D eigenvalue weighted by molar-refractivity contribution is 6.34. The molecular weight excluding hydrogens is 264 g/mol. The lowest BCUT2D eigenvalue weighted by molar-refractivity contribution is -0.120. The van der Waals surface area contributed by atoms with Crippen LogP contribution in [0.15, 0.2) is 18.2 Å². The van der Waals surface area contributed by atoms with Gasteiger partial charge in [-0.1, -0.05) is 17.7 Å². The lowest BCUT2D eigenvalue weighted by Crippen LogP contribution is -2.21. The lowest BCUT2D eigenvalue weighted by Gasteiger charge is -2.19. The van der Waals surface area contributed by atoms with Crippen LogP contribution in [0.3, 0.4) is 0 Å². The Morgan fingerprint density at radius 1 is 1.47 bits per heavy atom. The van der Waals surface area contributed by atoms with Crippen LogP contribution in [-0.4, -0.2) is 33.2 Å². The molecule has 1 fully saturated rings. The fourth-order valence-corrected chi connectivity index (χ4v) is 2.20. The number of anilines is 2. The Hall–Kier alpha value is -1.26. The zero-order chi connectivity index (χ0) is 13.8. The van der Waals surface area contributed by atoms with Gasteiger partial charge in [-0.3, -0.25) is 4.79 Å². The second-order valence-electron chi connectivity index (χ2n) is 5.04. The molecular formula is C14H19ClN2O2. The van der Waals surface area contributed by atoms with E-state index >= 15 is 0 Å². The first-order valence-corrected chi connectivity index (χ1v) is 6.79. The van der Waals surface area contributed by atoms with E-state index in [0.717, 1.165) is 5.69 Å². The summed E-state index contributed by atoms with van der Waals surface area (Å²) in [6, 6.07) is 5.45. The molecule has 0 bridgehead atoms. The second-order valence-corrected chi connectivity index (χ2v) is 5.44. The van der Waals surface area contributed by atoms with Crippen molar-refractivity contribution in [1.82, 2.24) is 0 Å². The molecule has 0 saturated heterocycles. The van der Waals surface area contributed by atoms with Crippen molar-refractivity contribution in [2.75, 3.05) is 37.5 Å². The number of amides is 1. The van der Waals surface area contributed by atoms with Gasteiger partial charge in [0, 0.05) is 14.1 Å².